The minimum absolute atomic E-state index is 0.196. The molecule has 2 aliphatic heterocycles. The van der Waals surface area contributed by atoms with Crippen LogP contribution < -0.4 is 5.32 Å². The molecule has 0 unspecified atom stereocenters. The number of aromatic nitrogens is 3. The number of hydrogen-bond acceptors (Lipinski definition) is 6. The summed E-state index contributed by atoms with van der Waals surface area (Å²) in [5.74, 6) is -0.304. The van der Waals surface area contributed by atoms with Gasteiger partial charge in [-0.25, -0.2) is 12.8 Å². The van der Waals surface area contributed by atoms with Crippen LogP contribution in [0.5, 0.6) is 0 Å². The highest BCUT2D eigenvalue weighted by atomic mass is 32.2. The molecule has 0 aliphatic carbocycles. The predicted molar refractivity (Wildman–Crippen MR) is 116 cm³/mol. The van der Waals surface area contributed by atoms with Crippen LogP contribution in [0.4, 0.5) is 10.1 Å². The summed E-state index contributed by atoms with van der Waals surface area (Å²) in [4.78, 5) is 0.196. The number of piperidine rings is 1. The lowest BCUT2D eigenvalue weighted by Crippen LogP contribution is -2.51. The van der Waals surface area contributed by atoms with Crippen LogP contribution >= 0.6 is 11.7 Å². The summed E-state index contributed by atoms with van der Waals surface area (Å²) in [7, 11) is -3.70. The first kappa shape index (κ1) is 18.9. The second-order valence-electron chi connectivity index (χ2n) is 7.92. The largest absolute Gasteiger partial charge is 0.372 e. The number of halogens is 1. The van der Waals surface area contributed by atoms with Crippen LogP contribution in [-0.4, -0.2) is 39.1 Å². The van der Waals surface area contributed by atoms with Gasteiger partial charge in [0.2, 0.25) is 10.0 Å². The van der Waals surface area contributed by atoms with E-state index >= 15 is 0 Å². The van der Waals surface area contributed by atoms with Crippen molar-refractivity contribution in [3.8, 4) is 5.69 Å². The Morgan fingerprint density at radius 3 is 2.74 bits per heavy atom. The van der Waals surface area contributed by atoms with E-state index in [0.29, 0.717) is 37.0 Å². The van der Waals surface area contributed by atoms with Gasteiger partial charge in [0.25, 0.3) is 0 Å². The van der Waals surface area contributed by atoms with E-state index in [1.165, 1.54) is 16.4 Å². The molecular weight excluding hydrogens is 437 g/mol. The van der Waals surface area contributed by atoms with Gasteiger partial charge in [0.05, 0.1) is 28.6 Å². The number of benzene rings is 2. The van der Waals surface area contributed by atoms with Gasteiger partial charge in [-0.3, -0.25) is 0 Å². The average molecular weight is 456 g/mol. The smallest absolute Gasteiger partial charge is 0.245 e. The van der Waals surface area contributed by atoms with Crippen molar-refractivity contribution in [1.82, 2.24) is 17.6 Å². The summed E-state index contributed by atoms with van der Waals surface area (Å²) in [5.41, 5.74) is 3.23. The molecule has 2 aromatic carbocycles. The second-order valence-corrected chi connectivity index (χ2v) is 10.4. The first-order chi connectivity index (χ1) is 15.0. The van der Waals surface area contributed by atoms with Crippen molar-refractivity contribution in [2.24, 2.45) is 0 Å². The fourth-order valence-corrected chi connectivity index (χ4v) is 6.93. The van der Waals surface area contributed by atoms with E-state index in [-0.39, 0.29) is 10.7 Å². The summed E-state index contributed by atoms with van der Waals surface area (Å²) in [5, 5.41) is 3.53. The van der Waals surface area contributed by atoms with E-state index in [0.717, 1.165) is 28.8 Å². The lowest BCUT2D eigenvalue weighted by molar-refractivity contribution is 0.247. The number of sulfonamides is 1. The van der Waals surface area contributed by atoms with Gasteiger partial charge >= 0.3 is 0 Å². The number of rotatable bonds is 2. The fourth-order valence-electron chi connectivity index (χ4n) is 4.74. The zero-order valence-electron chi connectivity index (χ0n) is 16.3. The Labute approximate surface area is 182 Å². The predicted octanol–water partition coefficient (Wildman–Crippen LogP) is 3.73. The van der Waals surface area contributed by atoms with Crippen LogP contribution in [0.2, 0.25) is 0 Å². The van der Waals surface area contributed by atoms with Crippen molar-refractivity contribution in [3.05, 3.63) is 66.2 Å². The molecule has 1 fully saturated rings. The number of nitrogens with one attached hydrogen (secondary N) is 1. The molecule has 2 aliphatic rings. The van der Waals surface area contributed by atoms with Gasteiger partial charge in [-0.05, 0) is 55.3 Å². The number of nitrogens with zero attached hydrogens (tertiary/aromatic N) is 4. The van der Waals surface area contributed by atoms with Crippen molar-refractivity contribution < 1.29 is 12.8 Å². The second kappa shape index (κ2) is 6.59. The SMILES string of the molecule is O=S(=O)(c1cccc2nsnc12)N1CCC2(CC1)Nc1cc(F)ccc1-n1cccc12. The molecule has 31 heavy (non-hydrogen) atoms. The molecule has 1 saturated heterocycles. The molecule has 0 amide bonds. The Hall–Kier alpha value is -2.82. The first-order valence-corrected chi connectivity index (χ1v) is 12.1. The van der Waals surface area contributed by atoms with Gasteiger partial charge in [0.1, 0.15) is 21.7 Å². The topological polar surface area (TPSA) is 80.1 Å². The standard InChI is InChI=1S/C21H18FN5O2S2/c22-14-6-7-17-16(13-14)23-21(19-5-2-10-27(17)19)8-11-26(12-9-21)31(28,29)18-4-1-3-15-20(18)25-30-24-15/h1-7,10,13,23H,8-9,11-12H2. The number of anilines is 1. The van der Waals surface area contributed by atoms with Crippen molar-refractivity contribution >= 4 is 38.5 Å². The minimum Gasteiger partial charge on any atom is -0.372 e. The molecule has 6 rings (SSSR count). The molecule has 1 N–H and O–H groups in total. The maximum atomic E-state index is 13.9. The minimum atomic E-state index is -3.70. The molecule has 0 atom stereocenters. The summed E-state index contributed by atoms with van der Waals surface area (Å²) < 4.78 is 52.6. The average Bonchev–Trinajstić information content (AvgIpc) is 3.44. The Kier molecular flexibility index (Phi) is 4.02. The van der Waals surface area contributed by atoms with Gasteiger partial charge in [-0.1, -0.05) is 6.07 Å². The molecule has 0 saturated carbocycles. The Morgan fingerprint density at radius 1 is 1.06 bits per heavy atom. The maximum absolute atomic E-state index is 13.9. The summed E-state index contributed by atoms with van der Waals surface area (Å²) >= 11 is 1.01. The molecule has 7 nitrogen and oxygen atoms in total. The molecule has 0 bridgehead atoms. The van der Waals surface area contributed by atoms with Crippen LogP contribution in [0.3, 0.4) is 0 Å². The molecule has 158 valence electrons. The maximum Gasteiger partial charge on any atom is 0.245 e. The van der Waals surface area contributed by atoms with Crippen molar-refractivity contribution in [1.29, 1.82) is 0 Å². The summed E-state index contributed by atoms with van der Waals surface area (Å²) in [6, 6.07) is 13.8. The highest BCUT2D eigenvalue weighted by Crippen LogP contribution is 2.44. The van der Waals surface area contributed by atoms with E-state index in [9.17, 15) is 12.8 Å². The van der Waals surface area contributed by atoms with E-state index in [4.69, 9.17) is 0 Å². The van der Waals surface area contributed by atoms with Gasteiger partial charge in [-0.2, -0.15) is 13.1 Å². The highest BCUT2D eigenvalue weighted by Gasteiger charge is 2.44. The monoisotopic (exact) mass is 455 g/mol. The van der Waals surface area contributed by atoms with Gasteiger partial charge < -0.3 is 9.88 Å². The Morgan fingerprint density at radius 2 is 1.90 bits per heavy atom. The van der Waals surface area contributed by atoms with E-state index < -0.39 is 15.6 Å². The van der Waals surface area contributed by atoms with Crippen molar-refractivity contribution in [2.75, 3.05) is 18.4 Å². The lowest BCUT2D eigenvalue weighted by atomic mass is 9.83. The van der Waals surface area contributed by atoms with Crippen molar-refractivity contribution in [2.45, 2.75) is 23.3 Å². The number of hydrogen-bond donors (Lipinski definition) is 1. The normalized spacial score (nSPS) is 18.0. The molecule has 0 radical (unpaired) electrons. The lowest BCUT2D eigenvalue weighted by Gasteiger charge is -2.45. The highest BCUT2D eigenvalue weighted by molar-refractivity contribution is 7.89. The van der Waals surface area contributed by atoms with Crippen LogP contribution in [0.15, 0.2) is 59.6 Å². The third kappa shape index (κ3) is 2.75. The van der Waals surface area contributed by atoms with E-state index in [2.05, 4.69) is 18.6 Å². The first-order valence-electron chi connectivity index (χ1n) is 9.95. The molecule has 4 heterocycles. The Bertz CT molecular complexity index is 1420. The molecule has 1 spiro atoms. The van der Waals surface area contributed by atoms with Gasteiger partial charge in [-0.15, -0.1) is 0 Å². The van der Waals surface area contributed by atoms with E-state index in [1.807, 2.05) is 18.3 Å². The van der Waals surface area contributed by atoms with Crippen LogP contribution in [0, 0.1) is 5.82 Å². The molecule has 10 heteroatoms. The summed E-state index contributed by atoms with van der Waals surface area (Å²) in [6.07, 6.45) is 3.10. The van der Waals surface area contributed by atoms with Crippen LogP contribution in [-0.2, 0) is 15.6 Å². The van der Waals surface area contributed by atoms with Gasteiger partial charge in [0.15, 0.2) is 0 Å². The zero-order valence-corrected chi connectivity index (χ0v) is 18.0. The fraction of sp³-hybridized carbons (Fsp3) is 0.238. The van der Waals surface area contributed by atoms with Crippen LogP contribution in [0.1, 0.15) is 18.5 Å². The molecule has 2 aromatic heterocycles. The zero-order chi connectivity index (χ0) is 21.2. The third-order valence-corrected chi connectivity index (χ3v) is 8.75. The van der Waals surface area contributed by atoms with E-state index in [1.54, 1.807) is 24.3 Å². The van der Waals surface area contributed by atoms with Gasteiger partial charge in [0, 0.05) is 25.0 Å². The molecule has 4 aromatic rings. The number of fused-ring (bicyclic) bond motifs is 5. The summed E-state index contributed by atoms with van der Waals surface area (Å²) in [6.45, 7) is 0.693. The van der Waals surface area contributed by atoms with Crippen molar-refractivity contribution in [3.63, 3.8) is 0 Å². The Balaban J connectivity index is 1.34. The van der Waals surface area contributed by atoms with Crippen LogP contribution in [0.25, 0.3) is 16.7 Å². The quantitative estimate of drug-likeness (QED) is 0.498. The third-order valence-electron chi connectivity index (χ3n) is 6.27. The molecular formula is C21H18FN5O2S2.